The van der Waals surface area contributed by atoms with Gasteiger partial charge in [-0.15, -0.1) is 11.8 Å². The Morgan fingerprint density at radius 1 is 1.44 bits per heavy atom. The van der Waals surface area contributed by atoms with Crippen molar-refractivity contribution in [2.75, 3.05) is 18.8 Å². The van der Waals surface area contributed by atoms with E-state index in [0.717, 1.165) is 12.8 Å². The molecule has 1 aliphatic carbocycles. The zero-order chi connectivity index (χ0) is 13.0. The maximum atomic E-state index is 13.4. The van der Waals surface area contributed by atoms with Gasteiger partial charge in [0.15, 0.2) is 0 Å². The maximum Gasteiger partial charge on any atom is 0.317 e. The number of hydrogen-bond donors (Lipinski definition) is 1. The Balaban J connectivity index is 1.79. The smallest absolute Gasteiger partial charge is 0.317 e. The number of aliphatic carboxylic acids is 1. The van der Waals surface area contributed by atoms with Crippen molar-refractivity contribution in [3.05, 3.63) is 30.1 Å². The number of rotatable bonds is 7. The summed E-state index contributed by atoms with van der Waals surface area (Å²) in [7, 11) is 0. The summed E-state index contributed by atoms with van der Waals surface area (Å²) in [5.74, 6) is -0.290. The van der Waals surface area contributed by atoms with Crippen LogP contribution in [-0.2, 0) is 4.79 Å². The van der Waals surface area contributed by atoms with E-state index in [1.807, 2.05) is 4.90 Å². The number of carboxylic acid groups (broad SMARTS) is 1. The number of hydrogen-bond acceptors (Lipinski definition) is 3. The first-order chi connectivity index (χ1) is 8.66. The first-order valence-electron chi connectivity index (χ1n) is 6.00. The van der Waals surface area contributed by atoms with Gasteiger partial charge >= 0.3 is 5.97 Å². The Bertz CT molecular complexity index is 423. The molecule has 5 heteroatoms. The Morgan fingerprint density at radius 2 is 2.17 bits per heavy atom. The minimum Gasteiger partial charge on any atom is -0.480 e. The second-order valence-corrected chi connectivity index (χ2v) is 5.51. The van der Waals surface area contributed by atoms with Gasteiger partial charge in [0.05, 0.1) is 6.54 Å². The molecular formula is C13H16FNO2S. The molecule has 1 aliphatic rings. The predicted octanol–water partition coefficient (Wildman–Crippen LogP) is 2.47. The molecule has 0 bridgehead atoms. The molecule has 1 aromatic rings. The van der Waals surface area contributed by atoms with Crippen LogP contribution < -0.4 is 0 Å². The van der Waals surface area contributed by atoms with Crippen molar-refractivity contribution in [1.29, 1.82) is 0 Å². The van der Waals surface area contributed by atoms with Gasteiger partial charge in [-0.1, -0.05) is 12.1 Å². The van der Waals surface area contributed by atoms with Crippen molar-refractivity contribution in [2.24, 2.45) is 0 Å². The molecule has 0 saturated heterocycles. The van der Waals surface area contributed by atoms with Crippen LogP contribution in [0.2, 0.25) is 0 Å². The zero-order valence-corrected chi connectivity index (χ0v) is 10.8. The van der Waals surface area contributed by atoms with E-state index in [0.29, 0.717) is 23.2 Å². The molecule has 0 unspecified atom stereocenters. The Kier molecular flexibility index (Phi) is 4.60. The number of thioether (sulfide) groups is 1. The second-order valence-electron chi connectivity index (χ2n) is 4.37. The molecule has 1 aromatic carbocycles. The normalized spacial score (nSPS) is 15.0. The Hall–Kier alpha value is -1.07. The summed E-state index contributed by atoms with van der Waals surface area (Å²) in [4.78, 5) is 13.3. The summed E-state index contributed by atoms with van der Waals surface area (Å²) >= 11 is 1.44. The second kappa shape index (κ2) is 6.20. The first kappa shape index (κ1) is 13.4. The zero-order valence-electron chi connectivity index (χ0n) is 10.0. The van der Waals surface area contributed by atoms with Gasteiger partial charge in [-0.25, -0.2) is 4.39 Å². The molecule has 1 N–H and O–H groups in total. The SMILES string of the molecule is O=C(O)CN(CCSc1ccccc1F)C1CC1. The molecule has 0 amide bonds. The van der Waals surface area contributed by atoms with Crippen LogP contribution >= 0.6 is 11.8 Å². The molecule has 0 atom stereocenters. The summed E-state index contributed by atoms with van der Waals surface area (Å²) in [5, 5.41) is 8.81. The molecule has 18 heavy (non-hydrogen) atoms. The number of halogens is 1. The van der Waals surface area contributed by atoms with E-state index < -0.39 is 5.97 Å². The van der Waals surface area contributed by atoms with Gasteiger partial charge in [0.1, 0.15) is 5.82 Å². The van der Waals surface area contributed by atoms with E-state index in [1.54, 1.807) is 18.2 Å². The average Bonchev–Trinajstić information content (AvgIpc) is 3.14. The quantitative estimate of drug-likeness (QED) is 0.772. The van der Waals surface area contributed by atoms with E-state index in [4.69, 9.17) is 5.11 Å². The van der Waals surface area contributed by atoms with Crippen LogP contribution in [0, 0.1) is 5.82 Å². The molecule has 0 heterocycles. The number of benzene rings is 1. The van der Waals surface area contributed by atoms with Crippen LogP contribution in [0.25, 0.3) is 0 Å². The van der Waals surface area contributed by atoms with Gasteiger partial charge in [-0.05, 0) is 25.0 Å². The van der Waals surface area contributed by atoms with E-state index in [2.05, 4.69) is 0 Å². The largest absolute Gasteiger partial charge is 0.480 e. The predicted molar refractivity (Wildman–Crippen MR) is 69.4 cm³/mol. The lowest BCUT2D eigenvalue weighted by Gasteiger charge is -2.19. The standard InChI is InChI=1S/C13H16FNO2S/c14-11-3-1-2-4-12(11)18-8-7-15(9-13(16)17)10-5-6-10/h1-4,10H,5-9H2,(H,16,17). The molecule has 0 radical (unpaired) electrons. The van der Waals surface area contributed by atoms with Crippen molar-refractivity contribution in [3.63, 3.8) is 0 Å². The van der Waals surface area contributed by atoms with Gasteiger partial charge in [0.2, 0.25) is 0 Å². The monoisotopic (exact) mass is 269 g/mol. The van der Waals surface area contributed by atoms with Gasteiger partial charge < -0.3 is 5.11 Å². The third-order valence-corrected chi connectivity index (χ3v) is 3.90. The number of carbonyl (C=O) groups is 1. The molecule has 0 aromatic heterocycles. The van der Waals surface area contributed by atoms with E-state index in [1.165, 1.54) is 17.8 Å². The van der Waals surface area contributed by atoms with Crippen molar-refractivity contribution in [3.8, 4) is 0 Å². The van der Waals surface area contributed by atoms with Crippen LogP contribution in [-0.4, -0.2) is 40.9 Å². The van der Waals surface area contributed by atoms with Gasteiger partial charge in [0, 0.05) is 23.2 Å². The van der Waals surface area contributed by atoms with Crippen LogP contribution in [0.5, 0.6) is 0 Å². The van der Waals surface area contributed by atoms with Crippen molar-refractivity contribution in [1.82, 2.24) is 4.90 Å². The topological polar surface area (TPSA) is 40.5 Å². The molecule has 0 spiro atoms. The third kappa shape index (κ3) is 3.99. The third-order valence-electron chi connectivity index (χ3n) is 2.87. The summed E-state index contributed by atoms with van der Waals surface area (Å²) in [5.41, 5.74) is 0. The molecule has 2 rings (SSSR count). The highest BCUT2D eigenvalue weighted by Gasteiger charge is 2.29. The van der Waals surface area contributed by atoms with Crippen LogP contribution in [0.15, 0.2) is 29.2 Å². The summed E-state index contributed by atoms with van der Waals surface area (Å²) < 4.78 is 13.4. The molecule has 98 valence electrons. The van der Waals surface area contributed by atoms with E-state index in [-0.39, 0.29) is 12.4 Å². The lowest BCUT2D eigenvalue weighted by atomic mass is 10.3. The minimum atomic E-state index is -0.794. The number of carboxylic acids is 1. The maximum absolute atomic E-state index is 13.4. The van der Waals surface area contributed by atoms with E-state index >= 15 is 0 Å². The Morgan fingerprint density at radius 3 is 2.78 bits per heavy atom. The fourth-order valence-electron chi connectivity index (χ4n) is 1.84. The van der Waals surface area contributed by atoms with Crippen molar-refractivity contribution >= 4 is 17.7 Å². The summed E-state index contributed by atoms with van der Waals surface area (Å²) in [6.45, 7) is 0.776. The molecule has 3 nitrogen and oxygen atoms in total. The molecule has 1 fully saturated rings. The summed E-state index contributed by atoms with van der Waals surface area (Å²) in [6.07, 6.45) is 2.16. The molecule has 0 aliphatic heterocycles. The highest BCUT2D eigenvalue weighted by Crippen LogP contribution is 2.28. The van der Waals surface area contributed by atoms with Crippen molar-refractivity contribution in [2.45, 2.75) is 23.8 Å². The highest BCUT2D eigenvalue weighted by molar-refractivity contribution is 7.99. The highest BCUT2D eigenvalue weighted by atomic mass is 32.2. The fourth-order valence-corrected chi connectivity index (χ4v) is 2.77. The number of nitrogens with zero attached hydrogens (tertiary/aromatic N) is 1. The minimum absolute atomic E-state index is 0.0858. The lowest BCUT2D eigenvalue weighted by molar-refractivity contribution is -0.138. The van der Waals surface area contributed by atoms with Crippen molar-refractivity contribution < 1.29 is 14.3 Å². The van der Waals surface area contributed by atoms with Crippen LogP contribution in [0.3, 0.4) is 0 Å². The summed E-state index contributed by atoms with van der Waals surface area (Å²) in [6, 6.07) is 7.08. The Labute approximate surface area is 110 Å². The van der Waals surface area contributed by atoms with Crippen LogP contribution in [0.1, 0.15) is 12.8 Å². The van der Waals surface area contributed by atoms with E-state index in [9.17, 15) is 9.18 Å². The lowest BCUT2D eigenvalue weighted by Crippen LogP contribution is -2.33. The van der Waals surface area contributed by atoms with Gasteiger partial charge in [0.25, 0.3) is 0 Å². The molecular weight excluding hydrogens is 253 g/mol. The van der Waals surface area contributed by atoms with Crippen LogP contribution in [0.4, 0.5) is 4.39 Å². The van der Waals surface area contributed by atoms with Gasteiger partial charge in [-0.2, -0.15) is 0 Å². The molecule has 1 saturated carbocycles. The first-order valence-corrected chi connectivity index (χ1v) is 6.98. The fraction of sp³-hybridized carbons (Fsp3) is 0.462. The average molecular weight is 269 g/mol. The van der Waals surface area contributed by atoms with Gasteiger partial charge in [-0.3, -0.25) is 9.69 Å².